The number of esters is 2. The van der Waals surface area contributed by atoms with E-state index < -0.39 is 18.0 Å². The van der Waals surface area contributed by atoms with Crippen molar-refractivity contribution in [2.75, 3.05) is 14.2 Å². The van der Waals surface area contributed by atoms with Crippen LogP contribution < -0.4 is 9.47 Å². The molecule has 148 valence electrons. The molecule has 3 rings (SSSR count). The van der Waals surface area contributed by atoms with Gasteiger partial charge in [-0.15, -0.1) is 0 Å². The van der Waals surface area contributed by atoms with E-state index in [9.17, 15) is 14.4 Å². The van der Waals surface area contributed by atoms with Gasteiger partial charge in [0.2, 0.25) is 5.91 Å². The molecule has 0 unspecified atom stereocenters. The van der Waals surface area contributed by atoms with E-state index in [2.05, 4.69) is 4.99 Å². The molecule has 8 nitrogen and oxygen atoms in total. The third kappa shape index (κ3) is 3.37. The molecule has 0 saturated carbocycles. The molecule has 1 fully saturated rings. The summed E-state index contributed by atoms with van der Waals surface area (Å²) in [5, 5.41) is 0.226. The van der Waals surface area contributed by atoms with Crippen molar-refractivity contribution in [2.45, 2.75) is 32.1 Å². The number of amides is 1. The zero-order valence-electron chi connectivity index (χ0n) is 16.1. The molecular weight excluding hydrogens is 384 g/mol. The van der Waals surface area contributed by atoms with E-state index in [1.807, 2.05) is 0 Å². The minimum atomic E-state index is -0.717. The second-order valence-corrected chi connectivity index (χ2v) is 7.57. The van der Waals surface area contributed by atoms with E-state index in [0.717, 1.165) is 0 Å². The van der Waals surface area contributed by atoms with Crippen LogP contribution in [0.2, 0.25) is 0 Å². The number of carbonyl (C=O) groups is 3. The number of aliphatic imine (C=N–C) groups is 1. The van der Waals surface area contributed by atoms with Crippen molar-refractivity contribution in [3.8, 4) is 11.5 Å². The number of hydrogen-bond acceptors (Lipinski definition) is 8. The van der Waals surface area contributed by atoms with Gasteiger partial charge in [-0.1, -0.05) is 17.8 Å². The average molecular weight is 404 g/mol. The van der Waals surface area contributed by atoms with Gasteiger partial charge in [0.25, 0.3) is 0 Å². The summed E-state index contributed by atoms with van der Waals surface area (Å²) in [6.45, 7) is 4.80. The highest BCUT2D eigenvalue weighted by Crippen LogP contribution is 2.44. The fourth-order valence-electron chi connectivity index (χ4n) is 3.18. The molecule has 2 heterocycles. The molecule has 0 aliphatic carbocycles. The zero-order valence-corrected chi connectivity index (χ0v) is 17.0. The van der Waals surface area contributed by atoms with E-state index in [4.69, 9.17) is 14.2 Å². The second kappa shape index (κ2) is 7.67. The summed E-state index contributed by atoms with van der Waals surface area (Å²) in [5.74, 6) is -0.634. The van der Waals surface area contributed by atoms with Crippen LogP contribution in [-0.4, -0.2) is 47.4 Å². The number of fused-ring (bicyclic) bond motifs is 1. The summed E-state index contributed by atoms with van der Waals surface area (Å²) < 4.78 is 15.4. The molecule has 0 radical (unpaired) electrons. The second-order valence-electron chi connectivity index (χ2n) is 6.26. The summed E-state index contributed by atoms with van der Waals surface area (Å²) in [6.07, 6.45) is 0. The van der Waals surface area contributed by atoms with E-state index in [1.165, 1.54) is 37.8 Å². The Morgan fingerprint density at radius 1 is 1.21 bits per heavy atom. The molecule has 2 atom stereocenters. The molecule has 0 bridgehead atoms. The Morgan fingerprint density at radius 3 is 2.54 bits per heavy atom. The number of hydrogen-bond donors (Lipinski definition) is 0. The van der Waals surface area contributed by atoms with Gasteiger partial charge in [0.05, 0.1) is 36.8 Å². The maximum Gasteiger partial charge on any atom is 0.338 e. The van der Waals surface area contributed by atoms with Crippen LogP contribution >= 0.6 is 11.8 Å². The van der Waals surface area contributed by atoms with Crippen molar-refractivity contribution in [3.63, 3.8) is 0 Å². The topological polar surface area (TPSA) is 94.5 Å². The monoisotopic (exact) mass is 404 g/mol. The zero-order chi connectivity index (χ0) is 20.6. The van der Waals surface area contributed by atoms with Crippen LogP contribution in [0.15, 0.2) is 34.5 Å². The van der Waals surface area contributed by atoms with Crippen molar-refractivity contribution >= 4 is 34.8 Å². The minimum Gasteiger partial charge on any atom is -0.493 e. The molecule has 9 heteroatoms. The Labute approximate surface area is 166 Å². The van der Waals surface area contributed by atoms with Crippen molar-refractivity contribution in [2.24, 2.45) is 4.99 Å². The lowest BCUT2D eigenvalue weighted by Gasteiger charge is -2.33. The SMILES string of the molecule is COC(=O)C1=C(C)N=C2S[C@@H](C)C(=O)N2[C@H]1c1ccc(OC(C)=O)c(OC)c1. The first kappa shape index (κ1) is 19.9. The lowest BCUT2D eigenvalue weighted by Crippen LogP contribution is -2.40. The molecule has 2 aliphatic rings. The highest BCUT2D eigenvalue weighted by Gasteiger charge is 2.46. The van der Waals surface area contributed by atoms with Crippen molar-refractivity contribution in [3.05, 3.63) is 35.0 Å². The minimum absolute atomic E-state index is 0.148. The molecule has 1 aromatic carbocycles. The number of methoxy groups -OCH3 is 2. The number of benzene rings is 1. The van der Waals surface area contributed by atoms with Gasteiger partial charge in [-0.2, -0.15) is 0 Å². The Morgan fingerprint density at radius 2 is 1.93 bits per heavy atom. The highest BCUT2D eigenvalue weighted by molar-refractivity contribution is 8.15. The van der Waals surface area contributed by atoms with E-state index >= 15 is 0 Å². The van der Waals surface area contributed by atoms with Gasteiger partial charge in [0.15, 0.2) is 16.7 Å². The molecule has 0 aromatic heterocycles. The van der Waals surface area contributed by atoms with Crippen LogP contribution in [0.25, 0.3) is 0 Å². The van der Waals surface area contributed by atoms with E-state index in [0.29, 0.717) is 22.2 Å². The molecule has 1 aromatic rings. The normalized spacial score (nSPS) is 21.2. The van der Waals surface area contributed by atoms with Crippen molar-refractivity contribution in [1.29, 1.82) is 0 Å². The fourth-order valence-corrected chi connectivity index (χ4v) is 4.21. The Bertz CT molecular complexity index is 923. The number of carbonyl (C=O) groups excluding carboxylic acids is 3. The maximum atomic E-state index is 12.8. The number of allylic oxidation sites excluding steroid dienone is 1. The summed E-state index contributed by atoms with van der Waals surface area (Å²) in [4.78, 5) is 42.6. The summed E-state index contributed by atoms with van der Waals surface area (Å²) >= 11 is 1.34. The number of nitrogens with zero attached hydrogens (tertiary/aromatic N) is 2. The fraction of sp³-hybridized carbons (Fsp3) is 0.368. The number of rotatable bonds is 4. The van der Waals surface area contributed by atoms with Gasteiger partial charge in [0, 0.05) is 6.92 Å². The standard InChI is InChI=1S/C19H20N2O6S/c1-9-15(18(24)26-5)16(21-17(23)10(2)28-19(21)20-9)12-6-7-13(27-11(3)22)14(8-12)25-4/h6-8,10,16H,1-5H3/t10-,16-/m0/s1. The van der Waals surface area contributed by atoms with Crippen LogP contribution in [0.1, 0.15) is 32.4 Å². The molecule has 2 aliphatic heterocycles. The van der Waals surface area contributed by atoms with Gasteiger partial charge in [-0.05, 0) is 31.5 Å². The van der Waals surface area contributed by atoms with Crippen LogP contribution in [0.3, 0.4) is 0 Å². The van der Waals surface area contributed by atoms with Crippen LogP contribution in [0.4, 0.5) is 0 Å². The third-order valence-electron chi connectivity index (χ3n) is 4.42. The first-order valence-corrected chi connectivity index (χ1v) is 9.40. The first-order valence-electron chi connectivity index (χ1n) is 8.52. The predicted octanol–water partition coefficient (Wildman–Crippen LogP) is 2.44. The van der Waals surface area contributed by atoms with Gasteiger partial charge in [0.1, 0.15) is 0 Å². The lowest BCUT2D eigenvalue weighted by atomic mass is 9.94. The maximum absolute atomic E-state index is 12.8. The van der Waals surface area contributed by atoms with Gasteiger partial charge in [-0.25, -0.2) is 9.79 Å². The highest BCUT2D eigenvalue weighted by atomic mass is 32.2. The predicted molar refractivity (Wildman–Crippen MR) is 103 cm³/mol. The smallest absolute Gasteiger partial charge is 0.338 e. The quantitative estimate of drug-likeness (QED) is 0.562. The van der Waals surface area contributed by atoms with Gasteiger partial charge in [-0.3, -0.25) is 14.5 Å². The van der Waals surface area contributed by atoms with Crippen molar-refractivity contribution in [1.82, 2.24) is 4.90 Å². The first-order chi connectivity index (χ1) is 13.3. The van der Waals surface area contributed by atoms with Gasteiger partial charge >= 0.3 is 11.9 Å². The molecular formula is C19H20N2O6S. The van der Waals surface area contributed by atoms with Crippen LogP contribution in [-0.2, 0) is 19.1 Å². The largest absolute Gasteiger partial charge is 0.493 e. The van der Waals surface area contributed by atoms with Gasteiger partial charge < -0.3 is 14.2 Å². The van der Waals surface area contributed by atoms with E-state index in [-0.39, 0.29) is 22.5 Å². The van der Waals surface area contributed by atoms with Crippen molar-refractivity contribution < 1.29 is 28.6 Å². The third-order valence-corrected chi connectivity index (χ3v) is 5.47. The number of ether oxygens (including phenoxy) is 3. The van der Waals surface area contributed by atoms with Crippen LogP contribution in [0.5, 0.6) is 11.5 Å². The molecule has 0 N–H and O–H groups in total. The summed E-state index contributed by atoms with van der Waals surface area (Å²) in [6, 6.07) is 4.18. The lowest BCUT2D eigenvalue weighted by molar-refractivity contribution is -0.137. The molecule has 1 saturated heterocycles. The Hall–Kier alpha value is -2.81. The van der Waals surface area contributed by atoms with E-state index in [1.54, 1.807) is 32.0 Å². The average Bonchev–Trinajstić information content (AvgIpc) is 2.93. The number of amidine groups is 1. The van der Waals surface area contributed by atoms with Crippen LogP contribution in [0, 0.1) is 0 Å². The summed E-state index contributed by atoms with van der Waals surface area (Å²) in [7, 11) is 2.73. The molecule has 28 heavy (non-hydrogen) atoms. The summed E-state index contributed by atoms with van der Waals surface area (Å²) in [5.41, 5.74) is 1.38. The Kier molecular flexibility index (Phi) is 5.46. The molecule has 0 spiro atoms. The molecule has 1 amide bonds. The Balaban J connectivity index is 2.15. The number of thioether (sulfide) groups is 1.